The Hall–Kier alpha value is -1.95. The van der Waals surface area contributed by atoms with Gasteiger partial charge in [-0.3, -0.25) is 5.21 Å². The highest BCUT2D eigenvalue weighted by molar-refractivity contribution is 5.81. The summed E-state index contributed by atoms with van der Waals surface area (Å²) >= 11 is 0. The predicted molar refractivity (Wildman–Crippen MR) is 50.5 cm³/mol. The second-order valence-electron chi connectivity index (χ2n) is 2.36. The highest BCUT2D eigenvalue weighted by Crippen LogP contribution is 2.02. The Morgan fingerprint density at radius 2 is 2.21 bits per heavy atom. The molecule has 0 aliphatic carbocycles. The van der Waals surface area contributed by atoms with Gasteiger partial charge in [0, 0.05) is 5.56 Å². The van der Waals surface area contributed by atoms with E-state index < -0.39 is 5.82 Å². The van der Waals surface area contributed by atoms with Crippen molar-refractivity contribution in [1.82, 2.24) is 5.48 Å². The summed E-state index contributed by atoms with van der Waals surface area (Å²) in [4.78, 5) is 0. The Kier molecular flexibility index (Phi) is 3.57. The van der Waals surface area contributed by atoms with Crippen molar-refractivity contribution in [2.75, 3.05) is 0 Å². The molecule has 6 heteroatoms. The van der Waals surface area contributed by atoms with Crippen molar-refractivity contribution < 1.29 is 9.60 Å². The van der Waals surface area contributed by atoms with Gasteiger partial charge >= 0.3 is 0 Å². The van der Waals surface area contributed by atoms with E-state index in [1.54, 1.807) is 17.6 Å². The molecule has 74 valence electrons. The fraction of sp³-hybridized carbons (Fsp3) is 0. The zero-order valence-electron chi connectivity index (χ0n) is 7.18. The van der Waals surface area contributed by atoms with Gasteiger partial charge in [0.1, 0.15) is 5.82 Å². The molecule has 0 spiro atoms. The first-order chi connectivity index (χ1) is 6.74. The molecule has 0 saturated heterocycles. The van der Waals surface area contributed by atoms with Crippen LogP contribution in [0.5, 0.6) is 0 Å². The third-order valence-corrected chi connectivity index (χ3v) is 1.38. The average molecular weight is 196 g/mol. The Bertz CT molecular complexity index is 364. The van der Waals surface area contributed by atoms with Crippen molar-refractivity contribution in [3.63, 3.8) is 0 Å². The van der Waals surface area contributed by atoms with E-state index in [2.05, 4.69) is 10.2 Å². The summed E-state index contributed by atoms with van der Waals surface area (Å²) in [6, 6.07) is 6.08. The fourth-order valence-electron chi connectivity index (χ4n) is 0.755. The number of hydrogen-bond acceptors (Lipinski definition) is 3. The van der Waals surface area contributed by atoms with Crippen LogP contribution in [-0.4, -0.2) is 17.4 Å². The molecule has 0 aliphatic rings. The SMILES string of the molecule is N/C(=N\N=C\c1ccccc1F)NO. The summed E-state index contributed by atoms with van der Waals surface area (Å²) < 4.78 is 13.0. The quantitative estimate of drug-likeness (QED) is 0.365. The molecule has 0 radical (unpaired) electrons. The number of nitrogens with two attached hydrogens (primary N) is 1. The Morgan fingerprint density at radius 1 is 1.50 bits per heavy atom. The van der Waals surface area contributed by atoms with Gasteiger partial charge in [0.15, 0.2) is 0 Å². The monoisotopic (exact) mass is 196 g/mol. The van der Waals surface area contributed by atoms with Crippen LogP contribution in [0, 0.1) is 5.82 Å². The molecule has 0 amide bonds. The van der Waals surface area contributed by atoms with Crippen molar-refractivity contribution in [3.8, 4) is 0 Å². The summed E-state index contributed by atoms with van der Waals surface area (Å²) in [6.45, 7) is 0. The molecule has 1 aromatic rings. The van der Waals surface area contributed by atoms with Crippen molar-refractivity contribution >= 4 is 12.2 Å². The first-order valence-corrected chi connectivity index (χ1v) is 3.75. The van der Waals surface area contributed by atoms with Gasteiger partial charge in [-0.25, -0.2) is 9.87 Å². The number of halogens is 1. The molecule has 0 unspecified atom stereocenters. The maximum absolute atomic E-state index is 13.0. The Morgan fingerprint density at radius 3 is 2.86 bits per heavy atom. The third kappa shape index (κ3) is 2.83. The van der Waals surface area contributed by atoms with Gasteiger partial charge in [0.05, 0.1) is 6.21 Å². The smallest absolute Gasteiger partial charge is 0.237 e. The van der Waals surface area contributed by atoms with Gasteiger partial charge in [-0.15, -0.1) is 5.10 Å². The maximum atomic E-state index is 13.0. The molecule has 1 aromatic carbocycles. The maximum Gasteiger partial charge on any atom is 0.237 e. The number of rotatable bonds is 2. The van der Waals surface area contributed by atoms with Crippen LogP contribution in [-0.2, 0) is 0 Å². The standard InChI is InChI=1S/C8H9FN4O/c9-7-4-2-1-3-6(7)5-11-12-8(10)13-14/h1-5,14H,(H3,10,12,13)/b11-5+. The van der Waals surface area contributed by atoms with Crippen LogP contribution in [0.2, 0.25) is 0 Å². The molecule has 0 atom stereocenters. The largest absolute Gasteiger partial charge is 0.367 e. The highest BCUT2D eigenvalue weighted by Gasteiger charge is 1.94. The van der Waals surface area contributed by atoms with E-state index in [0.717, 1.165) is 0 Å². The first-order valence-electron chi connectivity index (χ1n) is 3.75. The molecule has 0 bridgehead atoms. The lowest BCUT2D eigenvalue weighted by Gasteiger charge is -1.93. The average Bonchev–Trinajstić information content (AvgIpc) is 2.20. The second kappa shape index (κ2) is 4.93. The van der Waals surface area contributed by atoms with Gasteiger partial charge in [-0.2, -0.15) is 5.10 Å². The zero-order chi connectivity index (χ0) is 10.4. The van der Waals surface area contributed by atoms with Crippen LogP contribution in [0.3, 0.4) is 0 Å². The van der Waals surface area contributed by atoms with E-state index in [4.69, 9.17) is 10.9 Å². The van der Waals surface area contributed by atoms with E-state index in [-0.39, 0.29) is 5.96 Å². The topological polar surface area (TPSA) is 83.0 Å². The third-order valence-electron chi connectivity index (χ3n) is 1.38. The minimum absolute atomic E-state index is 0.266. The van der Waals surface area contributed by atoms with Crippen molar-refractivity contribution in [1.29, 1.82) is 0 Å². The van der Waals surface area contributed by atoms with E-state index in [1.807, 2.05) is 0 Å². The van der Waals surface area contributed by atoms with Gasteiger partial charge in [0.2, 0.25) is 5.96 Å². The summed E-state index contributed by atoms with van der Waals surface area (Å²) in [7, 11) is 0. The molecule has 1 rings (SSSR count). The molecule has 4 N–H and O–H groups in total. The van der Waals surface area contributed by atoms with Crippen molar-refractivity contribution in [2.24, 2.45) is 15.9 Å². The first kappa shape index (κ1) is 10.1. The minimum atomic E-state index is -0.401. The van der Waals surface area contributed by atoms with E-state index in [1.165, 1.54) is 18.3 Å². The van der Waals surface area contributed by atoms with Crippen LogP contribution >= 0.6 is 0 Å². The summed E-state index contributed by atoms with van der Waals surface area (Å²) in [5, 5.41) is 15.0. The van der Waals surface area contributed by atoms with Gasteiger partial charge in [0.25, 0.3) is 0 Å². The summed E-state index contributed by atoms with van der Waals surface area (Å²) in [5.41, 5.74) is 6.94. The summed E-state index contributed by atoms with van der Waals surface area (Å²) in [5.74, 6) is -0.667. The van der Waals surface area contributed by atoms with Gasteiger partial charge < -0.3 is 5.73 Å². The van der Waals surface area contributed by atoms with Crippen molar-refractivity contribution in [3.05, 3.63) is 35.6 Å². The molecule has 0 saturated carbocycles. The number of hydrogen-bond donors (Lipinski definition) is 3. The zero-order valence-corrected chi connectivity index (χ0v) is 7.18. The van der Waals surface area contributed by atoms with Crippen LogP contribution in [0.25, 0.3) is 0 Å². The van der Waals surface area contributed by atoms with Crippen molar-refractivity contribution in [2.45, 2.75) is 0 Å². The molecule has 0 heterocycles. The normalized spacial score (nSPS) is 12.0. The fourth-order valence-corrected chi connectivity index (χ4v) is 0.755. The number of benzene rings is 1. The van der Waals surface area contributed by atoms with E-state index >= 15 is 0 Å². The second-order valence-corrected chi connectivity index (χ2v) is 2.36. The lowest BCUT2D eigenvalue weighted by atomic mass is 10.2. The molecule has 0 aliphatic heterocycles. The molecule has 0 fully saturated rings. The van der Waals surface area contributed by atoms with Crippen LogP contribution in [0.15, 0.2) is 34.5 Å². The predicted octanol–water partition coefficient (Wildman–Crippen LogP) is 0.453. The summed E-state index contributed by atoms with van der Waals surface area (Å²) in [6.07, 6.45) is 1.19. The molecule has 5 nitrogen and oxygen atoms in total. The number of guanidine groups is 1. The lowest BCUT2D eigenvalue weighted by Crippen LogP contribution is -2.27. The highest BCUT2D eigenvalue weighted by atomic mass is 19.1. The number of hydroxylamine groups is 1. The van der Waals surface area contributed by atoms with E-state index in [0.29, 0.717) is 5.56 Å². The molecular weight excluding hydrogens is 187 g/mol. The molecule has 14 heavy (non-hydrogen) atoms. The van der Waals surface area contributed by atoms with Crippen LogP contribution in [0.4, 0.5) is 4.39 Å². The Labute approximate surface area is 79.7 Å². The van der Waals surface area contributed by atoms with E-state index in [9.17, 15) is 4.39 Å². The van der Waals surface area contributed by atoms with Crippen LogP contribution in [0.1, 0.15) is 5.56 Å². The van der Waals surface area contributed by atoms with Gasteiger partial charge in [-0.05, 0) is 6.07 Å². The van der Waals surface area contributed by atoms with Crippen LogP contribution < -0.4 is 11.2 Å². The minimum Gasteiger partial charge on any atom is -0.367 e. The van der Waals surface area contributed by atoms with Gasteiger partial charge in [-0.1, -0.05) is 18.2 Å². The molecule has 0 aromatic heterocycles. The number of nitrogens with zero attached hydrogens (tertiary/aromatic N) is 2. The number of nitrogens with one attached hydrogen (secondary N) is 1. The lowest BCUT2D eigenvalue weighted by molar-refractivity contribution is 0.232. The Balaban J connectivity index is 2.74. The molecular formula is C8H9FN4O.